The van der Waals surface area contributed by atoms with Crippen LogP contribution in [0.2, 0.25) is 0 Å². The third-order valence-electron chi connectivity index (χ3n) is 2.37. The van der Waals surface area contributed by atoms with Crippen molar-refractivity contribution in [3.8, 4) is 0 Å². The molecule has 4 N–H and O–H groups in total. The molecule has 98 valence electrons. The second kappa shape index (κ2) is 6.53. The van der Waals surface area contributed by atoms with Gasteiger partial charge in [0.15, 0.2) is 11.7 Å². The van der Waals surface area contributed by atoms with E-state index in [1.165, 1.54) is 12.3 Å². The number of oxime groups is 1. The van der Waals surface area contributed by atoms with Crippen LogP contribution in [0, 0.1) is 5.82 Å². The monoisotopic (exact) mass is 254 g/mol. The van der Waals surface area contributed by atoms with Gasteiger partial charge in [-0.1, -0.05) is 18.5 Å². The molecule has 6 nitrogen and oxygen atoms in total. The van der Waals surface area contributed by atoms with Crippen molar-refractivity contribution in [3.05, 3.63) is 29.8 Å². The van der Waals surface area contributed by atoms with Gasteiger partial charge >= 0.3 is 0 Å². The van der Waals surface area contributed by atoms with Gasteiger partial charge in [-0.15, -0.1) is 0 Å². The fourth-order valence-electron chi connectivity index (χ4n) is 1.45. The van der Waals surface area contributed by atoms with E-state index in [-0.39, 0.29) is 11.4 Å². The molecule has 1 unspecified atom stereocenters. The summed E-state index contributed by atoms with van der Waals surface area (Å²) in [6, 6.07) is 0.639. The lowest BCUT2D eigenvalue weighted by Crippen LogP contribution is -2.44. The van der Waals surface area contributed by atoms with Crippen molar-refractivity contribution in [1.29, 1.82) is 0 Å². The van der Waals surface area contributed by atoms with Crippen molar-refractivity contribution in [3.63, 3.8) is 0 Å². The van der Waals surface area contributed by atoms with Crippen LogP contribution in [0.4, 0.5) is 4.39 Å². The minimum Gasteiger partial charge on any atom is -0.409 e. The Hall–Kier alpha value is -2.18. The van der Waals surface area contributed by atoms with E-state index < -0.39 is 17.8 Å². The molecule has 18 heavy (non-hydrogen) atoms. The van der Waals surface area contributed by atoms with Crippen LogP contribution in [0.5, 0.6) is 0 Å². The third-order valence-corrected chi connectivity index (χ3v) is 2.37. The average Bonchev–Trinajstić information content (AvgIpc) is 2.37. The SMILES string of the molecule is CCCC(NC(=O)c1ccncc1F)C(N)=NO. The van der Waals surface area contributed by atoms with Crippen LogP contribution >= 0.6 is 0 Å². The summed E-state index contributed by atoms with van der Waals surface area (Å²) in [5, 5.41) is 14.0. The Morgan fingerprint density at radius 1 is 1.72 bits per heavy atom. The molecule has 1 rings (SSSR count). The first-order chi connectivity index (χ1) is 8.60. The first-order valence-corrected chi connectivity index (χ1v) is 5.48. The van der Waals surface area contributed by atoms with Gasteiger partial charge in [0.2, 0.25) is 0 Å². The largest absolute Gasteiger partial charge is 0.409 e. The number of carbonyl (C=O) groups excluding carboxylic acids is 1. The number of hydrogen-bond acceptors (Lipinski definition) is 4. The lowest BCUT2D eigenvalue weighted by molar-refractivity contribution is 0.0940. The molecule has 1 aromatic rings. The van der Waals surface area contributed by atoms with E-state index in [1.807, 2.05) is 6.92 Å². The Balaban J connectivity index is 2.82. The number of aromatic nitrogens is 1. The molecule has 0 aliphatic rings. The van der Waals surface area contributed by atoms with E-state index in [9.17, 15) is 9.18 Å². The van der Waals surface area contributed by atoms with Crippen molar-refractivity contribution in [2.45, 2.75) is 25.8 Å². The van der Waals surface area contributed by atoms with Crippen LogP contribution in [0.3, 0.4) is 0 Å². The maximum atomic E-state index is 13.3. The van der Waals surface area contributed by atoms with Gasteiger partial charge in [-0.3, -0.25) is 9.78 Å². The van der Waals surface area contributed by atoms with Gasteiger partial charge in [-0.25, -0.2) is 4.39 Å². The number of nitrogens with zero attached hydrogens (tertiary/aromatic N) is 2. The number of amidine groups is 1. The van der Waals surface area contributed by atoms with Gasteiger partial charge in [-0.2, -0.15) is 0 Å². The molecular formula is C11H15FN4O2. The Morgan fingerprint density at radius 2 is 2.44 bits per heavy atom. The fraction of sp³-hybridized carbons (Fsp3) is 0.364. The van der Waals surface area contributed by atoms with Crippen LogP contribution in [0.15, 0.2) is 23.6 Å². The minimum atomic E-state index is -0.718. The second-order valence-corrected chi connectivity index (χ2v) is 3.70. The topological polar surface area (TPSA) is 101 Å². The van der Waals surface area contributed by atoms with Crippen molar-refractivity contribution >= 4 is 11.7 Å². The summed E-state index contributed by atoms with van der Waals surface area (Å²) >= 11 is 0. The van der Waals surface area contributed by atoms with Crippen molar-refractivity contribution < 1.29 is 14.4 Å². The molecule has 1 amide bonds. The molecule has 1 atom stereocenters. The van der Waals surface area contributed by atoms with Gasteiger partial charge < -0.3 is 16.3 Å². The maximum absolute atomic E-state index is 13.3. The van der Waals surface area contributed by atoms with Gasteiger partial charge in [0.1, 0.15) is 0 Å². The van der Waals surface area contributed by atoms with E-state index in [2.05, 4.69) is 15.5 Å². The van der Waals surface area contributed by atoms with E-state index >= 15 is 0 Å². The van der Waals surface area contributed by atoms with Crippen molar-refractivity contribution in [2.75, 3.05) is 0 Å². The summed E-state index contributed by atoms with van der Waals surface area (Å²) in [4.78, 5) is 15.4. The van der Waals surface area contributed by atoms with E-state index in [4.69, 9.17) is 10.9 Å². The summed E-state index contributed by atoms with van der Waals surface area (Å²) in [5.41, 5.74) is 5.32. The molecule has 0 radical (unpaired) electrons. The summed E-state index contributed by atoms with van der Waals surface area (Å²) in [5.74, 6) is -1.45. The molecule has 0 aliphatic carbocycles. The smallest absolute Gasteiger partial charge is 0.254 e. The highest BCUT2D eigenvalue weighted by Crippen LogP contribution is 2.06. The van der Waals surface area contributed by atoms with Crippen LogP contribution < -0.4 is 11.1 Å². The number of carbonyl (C=O) groups is 1. The second-order valence-electron chi connectivity index (χ2n) is 3.70. The van der Waals surface area contributed by atoms with Crippen LogP contribution in [-0.4, -0.2) is 28.0 Å². The lowest BCUT2D eigenvalue weighted by Gasteiger charge is -2.16. The highest BCUT2D eigenvalue weighted by atomic mass is 19.1. The maximum Gasteiger partial charge on any atom is 0.254 e. The van der Waals surface area contributed by atoms with Crippen molar-refractivity contribution in [1.82, 2.24) is 10.3 Å². The van der Waals surface area contributed by atoms with Gasteiger partial charge in [0.25, 0.3) is 5.91 Å². The predicted octanol–water partition coefficient (Wildman–Crippen LogP) is 0.866. The molecule has 0 aromatic carbocycles. The third kappa shape index (κ3) is 3.41. The van der Waals surface area contributed by atoms with Gasteiger partial charge in [0.05, 0.1) is 17.8 Å². The molecule has 1 heterocycles. The van der Waals surface area contributed by atoms with E-state index in [1.54, 1.807) is 0 Å². The summed E-state index contributed by atoms with van der Waals surface area (Å²) in [6.07, 6.45) is 3.48. The molecule has 0 fully saturated rings. The van der Waals surface area contributed by atoms with Gasteiger partial charge in [0, 0.05) is 6.20 Å². The fourth-order valence-corrected chi connectivity index (χ4v) is 1.45. The molecule has 0 bridgehead atoms. The Labute approximate surface area is 104 Å². The standard InChI is InChI=1S/C11H15FN4O2/c1-2-3-9(10(13)16-18)15-11(17)7-4-5-14-6-8(7)12/h4-6,9,18H,2-3H2,1H3,(H2,13,16)(H,15,17). The van der Waals surface area contributed by atoms with E-state index in [0.717, 1.165) is 12.6 Å². The number of pyridine rings is 1. The average molecular weight is 254 g/mol. The zero-order valence-corrected chi connectivity index (χ0v) is 9.93. The number of nitrogens with two attached hydrogens (primary N) is 1. The highest BCUT2D eigenvalue weighted by Gasteiger charge is 2.19. The summed E-state index contributed by atoms with van der Waals surface area (Å²) in [6.45, 7) is 1.89. The van der Waals surface area contributed by atoms with Crippen LogP contribution in [0.1, 0.15) is 30.1 Å². The Kier molecular flexibility index (Phi) is 5.04. The summed E-state index contributed by atoms with van der Waals surface area (Å²) in [7, 11) is 0. The molecule has 1 aromatic heterocycles. The lowest BCUT2D eigenvalue weighted by atomic mass is 10.1. The molecule has 0 saturated heterocycles. The molecule has 0 aliphatic heterocycles. The van der Waals surface area contributed by atoms with Crippen LogP contribution in [-0.2, 0) is 0 Å². The highest BCUT2D eigenvalue weighted by molar-refractivity contribution is 5.98. The molecule has 0 saturated carbocycles. The Bertz CT molecular complexity index is 450. The number of hydrogen-bond donors (Lipinski definition) is 3. The van der Waals surface area contributed by atoms with Gasteiger partial charge in [-0.05, 0) is 12.5 Å². The predicted molar refractivity (Wildman–Crippen MR) is 63.8 cm³/mol. The zero-order chi connectivity index (χ0) is 13.5. The molecular weight excluding hydrogens is 239 g/mol. The number of nitrogens with one attached hydrogen (secondary N) is 1. The minimum absolute atomic E-state index is 0.111. The summed E-state index contributed by atoms with van der Waals surface area (Å²) < 4.78 is 13.3. The Morgan fingerprint density at radius 3 is 3.00 bits per heavy atom. The number of halogens is 1. The molecule has 0 spiro atoms. The normalized spacial score (nSPS) is 13.1. The number of rotatable bonds is 5. The number of amides is 1. The molecule has 7 heteroatoms. The van der Waals surface area contributed by atoms with Crippen LogP contribution in [0.25, 0.3) is 0 Å². The first-order valence-electron chi connectivity index (χ1n) is 5.48. The quantitative estimate of drug-likeness (QED) is 0.314. The van der Waals surface area contributed by atoms with E-state index in [0.29, 0.717) is 6.42 Å². The zero-order valence-electron chi connectivity index (χ0n) is 9.93. The van der Waals surface area contributed by atoms with Crippen molar-refractivity contribution in [2.24, 2.45) is 10.9 Å². The first kappa shape index (κ1) is 13.9.